The van der Waals surface area contributed by atoms with Crippen LogP contribution in [0.15, 0.2) is 45.6 Å². The smallest absolute Gasteiger partial charge is 0.197 e. The fourth-order valence-corrected chi connectivity index (χ4v) is 3.91. The molecule has 6 nitrogen and oxygen atoms in total. The number of aromatic hydroxyl groups is 2. The van der Waals surface area contributed by atoms with Crippen LogP contribution in [0.5, 0.6) is 11.5 Å². The molecule has 0 aliphatic carbocycles. The van der Waals surface area contributed by atoms with Crippen molar-refractivity contribution in [3.8, 4) is 22.8 Å². The molecule has 0 saturated carbocycles. The Morgan fingerprint density at radius 2 is 1.86 bits per heavy atom. The number of likely N-dealkylation sites (N-methyl/N-ethyl adjacent to an activating group) is 1. The summed E-state index contributed by atoms with van der Waals surface area (Å²) in [6.45, 7) is 1.63. The van der Waals surface area contributed by atoms with Crippen molar-refractivity contribution in [1.82, 2.24) is 4.90 Å². The number of nitrogens with zero attached hydrogens (tertiary/aromatic N) is 1. The van der Waals surface area contributed by atoms with E-state index in [-0.39, 0.29) is 33.8 Å². The predicted molar refractivity (Wildman–Crippen MR) is 109 cm³/mol. The van der Waals surface area contributed by atoms with Crippen molar-refractivity contribution >= 4 is 22.6 Å². The molecule has 1 aromatic heterocycles. The van der Waals surface area contributed by atoms with Crippen LogP contribution in [0.3, 0.4) is 0 Å². The van der Waals surface area contributed by atoms with Gasteiger partial charge in [0.1, 0.15) is 28.2 Å². The van der Waals surface area contributed by atoms with Crippen molar-refractivity contribution in [2.75, 3.05) is 27.2 Å². The second kappa shape index (κ2) is 8.22. The van der Waals surface area contributed by atoms with Crippen molar-refractivity contribution in [3.05, 3.63) is 57.2 Å². The summed E-state index contributed by atoms with van der Waals surface area (Å²) in [5.74, 6) is -0.0136. The number of phenols is 2. The van der Waals surface area contributed by atoms with Crippen molar-refractivity contribution in [2.24, 2.45) is 0 Å². The van der Waals surface area contributed by atoms with Gasteiger partial charge in [-0.15, -0.1) is 0 Å². The fourth-order valence-electron chi connectivity index (χ4n) is 3.68. The van der Waals surface area contributed by atoms with Crippen LogP contribution in [-0.4, -0.2) is 47.5 Å². The largest absolute Gasteiger partial charge is 0.507 e. The molecule has 1 fully saturated rings. The third-order valence-corrected chi connectivity index (χ3v) is 5.27. The Morgan fingerprint density at radius 1 is 1.14 bits per heavy atom. The highest BCUT2D eigenvalue weighted by Gasteiger charge is 2.29. The van der Waals surface area contributed by atoms with Crippen molar-refractivity contribution in [2.45, 2.75) is 12.3 Å². The summed E-state index contributed by atoms with van der Waals surface area (Å²) >= 11 is 6.24. The van der Waals surface area contributed by atoms with Gasteiger partial charge in [0.2, 0.25) is 0 Å². The van der Waals surface area contributed by atoms with Crippen LogP contribution in [0.4, 0.5) is 0 Å². The normalized spacial score (nSPS) is 16.8. The van der Waals surface area contributed by atoms with Gasteiger partial charge in [-0.05, 0) is 32.1 Å². The summed E-state index contributed by atoms with van der Waals surface area (Å²) in [7, 11) is 3.00. The van der Waals surface area contributed by atoms with Crippen LogP contribution >= 0.6 is 11.6 Å². The Kier molecular flexibility index (Phi) is 5.93. The first-order valence-electron chi connectivity index (χ1n) is 8.86. The van der Waals surface area contributed by atoms with Gasteiger partial charge in [0.25, 0.3) is 0 Å². The molecule has 2 aromatic carbocycles. The van der Waals surface area contributed by atoms with Gasteiger partial charge in [-0.3, -0.25) is 4.79 Å². The molecular weight excluding hydrogens is 382 g/mol. The standard InChI is InChI=1S/C20H18ClNO4.CH4O/c1-22-7-6-11(10-22)18-14(23)8-15(24)19-16(25)9-17(26-20(18)19)12-4-2-3-5-13(12)21;1-2/h2-5,8-9,11,23-24H,6-7,10H2,1H3;2H,1H3. The van der Waals surface area contributed by atoms with Crippen LogP contribution in [0, 0.1) is 0 Å². The SMILES string of the molecule is CN1CCC(c2c(O)cc(O)c3c(=O)cc(-c4ccccc4Cl)oc23)C1.CO. The maximum Gasteiger partial charge on any atom is 0.197 e. The van der Waals surface area contributed by atoms with E-state index in [1.54, 1.807) is 24.3 Å². The molecule has 7 heteroatoms. The molecule has 0 spiro atoms. The summed E-state index contributed by atoms with van der Waals surface area (Å²) in [5, 5.41) is 28.2. The molecule has 1 unspecified atom stereocenters. The van der Waals surface area contributed by atoms with E-state index >= 15 is 0 Å². The number of phenolic OH excluding ortho intramolecular Hbond substituents is 2. The van der Waals surface area contributed by atoms with Crippen LogP contribution < -0.4 is 5.43 Å². The quantitative estimate of drug-likeness (QED) is 0.605. The van der Waals surface area contributed by atoms with Crippen molar-refractivity contribution in [1.29, 1.82) is 0 Å². The second-order valence-corrected chi connectivity index (χ2v) is 7.14. The highest BCUT2D eigenvalue weighted by molar-refractivity contribution is 6.33. The van der Waals surface area contributed by atoms with E-state index in [0.717, 1.165) is 26.6 Å². The van der Waals surface area contributed by atoms with E-state index in [1.807, 2.05) is 7.05 Å². The molecule has 1 aliphatic rings. The Balaban J connectivity index is 0.00000109. The topological polar surface area (TPSA) is 94.1 Å². The summed E-state index contributed by atoms with van der Waals surface area (Å²) in [6, 6.07) is 9.62. The molecule has 0 amide bonds. The molecule has 3 aromatic rings. The van der Waals surface area contributed by atoms with Crippen LogP contribution in [0.2, 0.25) is 5.02 Å². The van der Waals surface area contributed by atoms with Gasteiger partial charge in [-0.1, -0.05) is 23.7 Å². The minimum Gasteiger partial charge on any atom is -0.507 e. The van der Waals surface area contributed by atoms with Gasteiger partial charge in [-0.25, -0.2) is 0 Å². The number of halogens is 1. The minimum atomic E-state index is -0.369. The first-order valence-corrected chi connectivity index (χ1v) is 9.24. The van der Waals surface area contributed by atoms with E-state index < -0.39 is 0 Å². The second-order valence-electron chi connectivity index (χ2n) is 6.74. The van der Waals surface area contributed by atoms with E-state index in [0.29, 0.717) is 21.9 Å². The molecule has 28 heavy (non-hydrogen) atoms. The number of benzene rings is 2. The van der Waals surface area contributed by atoms with Crippen molar-refractivity contribution < 1.29 is 19.7 Å². The third kappa shape index (κ3) is 3.58. The molecule has 0 radical (unpaired) electrons. The molecule has 0 bridgehead atoms. The van der Waals surface area contributed by atoms with E-state index in [9.17, 15) is 15.0 Å². The summed E-state index contributed by atoms with van der Waals surface area (Å²) in [4.78, 5) is 14.8. The third-order valence-electron chi connectivity index (χ3n) is 4.94. The van der Waals surface area contributed by atoms with Gasteiger partial charge in [0.15, 0.2) is 5.43 Å². The van der Waals surface area contributed by atoms with Gasteiger partial charge in [0, 0.05) is 42.8 Å². The average Bonchev–Trinajstić information content (AvgIpc) is 3.09. The van der Waals surface area contributed by atoms with Gasteiger partial charge < -0.3 is 24.6 Å². The Morgan fingerprint density at radius 3 is 2.50 bits per heavy atom. The van der Waals surface area contributed by atoms with Crippen LogP contribution in [-0.2, 0) is 0 Å². The zero-order chi connectivity index (χ0) is 20.4. The Bertz CT molecular complexity index is 1060. The number of likely N-dealkylation sites (tertiary alicyclic amines) is 1. The predicted octanol–water partition coefficient (Wildman–Crippen LogP) is 3.55. The zero-order valence-electron chi connectivity index (χ0n) is 15.6. The maximum atomic E-state index is 12.7. The number of fused-ring (bicyclic) bond motifs is 1. The van der Waals surface area contributed by atoms with E-state index in [1.165, 1.54) is 12.1 Å². The molecule has 2 heterocycles. The maximum absolute atomic E-state index is 12.7. The van der Waals surface area contributed by atoms with Crippen LogP contribution in [0.25, 0.3) is 22.3 Å². The monoisotopic (exact) mass is 403 g/mol. The number of aliphatic hydroxyl groups is 1. The highest BCUT2D eigenvalue weighted by atomic mass is 35.5. The number of rotatable bonds is 2. The lowest BCUT2D eigenvalue weighted by atomic mass is 9.94. The minimum absolute atomic E-state index is 0.0211. The zero-order valence-corrected chi connectivity index (χ0v) is 16.4. The summed E-state index contributed by atoms with van der Waals surface area (Å²) in [5.41, 5.74) is 1.01. The Labute approximate surface area is 167 Å². The van der Waals surface area contributed by atoms with Gasteiger partial charge >= 0.3 is 0 Å². The highest BCUT2D eigenvalue weighted by Crippen LogP contribution is 2.42. The molecule has 1 saturated heterocycles. The summed E-state index contributed by atoms with van der Waals surface area (Å²) in [6.07, 6.45) is 0.837. The van der Waals surface area contributed by atoms with Crippen molar-refractivity contribution in [3.63, 3.8) is 0 Å². The van der Waals surface area contributed by atoms with E-state index in [2.05, 4.69) is 4.90 Å². The Hall–Kier alpha value is -2.54. The average molecular weight is 404 g/mol. The molecule has 1 atom stereocenters. The molecule has 4 rings (SSSR count). The molecule has 3 N–H and O–H groups in total. The summed E-state index contributed by atoms with van der Waals surface area (Å²) < 4.78 is 6.03. The molecule has 1 aliphatic heterocycles. The molecule has 148 valence electrons. The number of aliphatic hydroxyl groups excluding tert-OH is 1. The van der Waals surface area contributed by atoms with E-state index in [4.69, 9.17) is 21.1 Å². The lowest BCUT2D eigenvalue weighted by molar-refractivity contribution is 0.399. The first-order chi connectivity index (χ1) is 13.5. The lowest BCUT2D eigenvalue weighted by Crippen LogP contribution is -2.14. The molecular formula is C21H22ClNO5. The van der Waals surface area contributed by atoms with Gasteiger partial charge in [-0.2, -0.15) is 0 Å². The lowest BCUT2D eigenvalue weighted by Gasteiger charge is -2.16. The van der Waals surface area contributed by atoms with Gasteiger partial charge in [0.05, 0.1) is 5.02 Å². The fraction of sp³-hybridized carbons (Fsp3) is 0.286. The number of hydrogen-bond donors (Lipinski definition) is 3. The van der Waals surface area contributed by atoms with Crippen LogP contribution in [0.1, 0.15) is 17.9 Å². The first kappa shape index (κ1) is 20.2. The number of hydrogen-bond acceptors (Lipinski definition) is 6.